The molecule has 0 aliphatic carbocycles. The van der Waals surface area contributed by atoms with Gasteiger partial charge in [-0.2, -0.15) is 0 Å². The van der Waals surface area contributed by atoms with Gasteiger partial charge in [0.2, 0.25) is 5.89 Å². The Labute approximate surface area is 100 Å². The van der Waals surface area contributed by atoms with Gasteiger partial charge in [0.05, 0.1) is 18.2 Å². The summed E-state index contributed by atoms with van der Waals surface area (Å²) in [5.41, 5.74) is 0.503. The van der Waals surface area contributed by atoms with Crippen LogP contribution in [0.2, 0.25) is 0 Å². The van der Waals surface area contributed by atoms with Crippen LogP contribution in [-0.4, -0.2) is 33.5 Å². The van der Waals surface area contributed by atoms with E-state index in [-0.39, 0.29) is 12.5 Å². The van der Waals surface area contributed by atoms with Crippen molar-refractivity contribution in [1.82, 2.24) is 9.88 Å². The van der Waals surface area contributed by atoms with Crippen LogP contribution in [0.4, 0.5) is 0 Å². The minimum Gasteiger partial charge on any atom is -0.481 e. The summed E-state index contributed by atoms with van der Waals surface area (Å²) in [4.78, 5) is 17.2. The zero-order valence-corrected chi connectivity index (χ0v) is 10.2. The molecule has 2 rings (SSSR count). The lowest BCUT2D eigenvalue weighted by atomic mass is 10.2. The molecule has 1 fully saturated rings. The van der Waals surface area contributed by atoms with Crippen LogP contribution >= 0.6 is 0 Å². The van der Waals surface area contributed by atoms with E-state index in [4.69, 9.17) is 9.52 Å². The Kier molecular flexibility index (Phi) is 3.47. The van der Waals surface area contributed by atoms with E-state index in [0.29, 0.717) is 17.6 Å². The van der Waals surface area contributed by atoms with E-state index in [1.165, 1.54) is 6.26 Å². The van der Waals surface area contributed by atoms with E-state index in [1.54, 1.807) is 0 Å². The van der Waals surface area contributed by atoms with Crippen LogP contribution in [0.15, 0.2) is 10.7 Å². The summed E-state index contributed by atoms with van der Waals surface area (Å²) in [6, 6.07) is 0.662. The minimum atomic E-state index is -0.878. The van der Waals surface area contributed by atoms with Crippen molar-refractivity contribution in [3.8, 4) is 0 Å². The normalized spacial score (nSPS) is 21.2. The van der Waals surface area contributed by atoms with Crippen molar-refractivity contribution in [2.45, 2.75) is 45.2 Å². The maximum Gasteiger partial charge on any atom is 0.309 e. The molecule has 0 amide bonds. The molecule has 0 radical (unpaired) electrons. The summed E-state index contributed by atoms with van der Waals surface area (Å²) in [6.07, 6.45) is 3.56. The highest BCUT2D eigenvalue weighted by atomic mass is 16.4. The number of carbonyl (C=O) groups is 1. The fourth-order valence-corrected chi connectivity index (χ4v) is 2.38. The van der Waals surface area contributed by atoms with Crippen LogP contribution in [-0.2, 0) is 11.2 Å². The number of oxazole rings is 1. The van der Waals surface area contributed by atoms with E-state index in [1.807, 2.05) is 0 Å². The topological polar surface area (TPSA) is 66.6 Å². The number of nitrogens with zero attached hydrogens (tertiary/aromatic N) is 2. The molecule has 0 bridgehead atoms. The van der Waals surface area contributed by atoms with Crippen molar-refractivity contribution in [3.63, 3.8) is 0 Å². The lowest BCUT2D eigenvalue weighted by molar-refractivity contribution is -0.136. The SMILES string of the molecule is CC(C)N1CCCC1c1nc(CC(=O)O)co1. The monoisotopic (exact) mass is 238 g/mol. The predicted molar refractivity (Wildman–Crippen MR) is 61.7 cm³/mol. The van der Waals surface area contributed by atoms with E-state index in [9.17, 15) is 4.79 Å². The third kappa shape index (κ3) is 2.66. The number of carboxylic acids is 1. The predicted octanol–water partition coefficient (Wildman–Crippen LogP) is 1.85. The molecular formula is C12H18N2O3. The first-order valence-corrected chi connectivity index (χ1v) is 5.99. The molecule has 5 heteroatoms. The van der Waals surface area contributed by atoms with Gasteiger partial charge < -0.3 is 9.52 Å². The molecule has 1 N–H and O–H groups in total. The van der Waals surface area contributed by atoms with E-state index >= 15 is 0 Å². The van der Waals surface area contributed by atoms with E-state index in [2.05, 4.69) is 23.7 Å². The number of likely N-dealkylation sites (tertiary alicyclic amines) is 1. The number of hydrogen-bond acceptors (Lipinski definition) is 4. The number of rotatable bonds is 4. The first kappa shape index (κ1) is 12.1. The molecule has 2 heterocycles. The van der Waals surface area contributed by atoms with Crippen molar-refractivity contribution >= 4 is 5.97 Å². The third-order valence-electron chi connectivity index (χ3n) is 3.14. The second-order valence-corrected chi connectivity index (χ2v) is 4.74. The lowest BCUT2D eigenvalue weighted by Crippen LogP contribution is -2.30. The molecule has 1 atom stereocenters. The molecule has 5 nitrogen and oxygen atoms in total. The second kappa shape index (κ2) is 4.87. The van der Waals surface area contributed by atoms with E-state index in [0.717, 1.165) is 19.4 Å². The van der Waals surface area contributed by atoms with Gasteiger partial charge in [-0.15, -0.1) is 0 Å². The quantitative estimate of drug-likeness (QED) is 0.867. The van der Waals surface area contributed by atoms with Crippen molar-refractivity contribution in [1.29, 1.82) is 0 Å². The van der Waals surface area contributed by atoms with Gasteiger partial charge in [0.1, 0.15) is 6.26 Å². The van der Waals surface area contributed by atoms with Gasteiger partial charge in [0.15, 0.2) is 0 Å². The largest absolute Gasteiger partial charge is 0.481 e. The summed E-state index contributed by atoms with van der Waals surface area (Å²) >= 11 is 0. The number of aliphatic carboxylic acids is 1. The average molecular weight is 238 g/mol. The van der Waals surface area contributed by atoms with Crippen LogP contribution in [0, 0.1) is 0 Å². The molecule has 1 saturated heterocycles. The molecule has 0 spiro atoms. The fourth-order valence-electron chi connectivity index (χ4n) is 2.38. The van der Waals surface area contributed by atoms with Crippen molar-refractivity contribution < 1.29 is 14.3 Å². The second-order valence-electron chi connectivity index (χ2n) is 4.74. The van der Waals surface area contributed by atoms with Crippen LogP contribution in [0.5, 0.6) is 0 Å². The van der Waals surface area contributed by atoms with Crippen molar-refractivity contribution in [3.05, 3.63) is 17.8 Å². The Morgan fingerprint density at radius 3 is 3.12 bits per heavy atom. The van der Waals surface area contributed by atoms with Gasteiger partial charge in [0.25, 0.3) is 0 Å². The Hall–Kier alpha value is -1.36. The highest BCUT2D eigenvalue weighted by Crippen LogP contribution is 2.32. The van der Waals surface area contributed by atoms with E-state index < -0.39 is 5.97 Å². The molecule has 1 aliphatic rings. The summed E-state index contributed by atoms with van der Waals surface area (Å²) < 4.78 is 5.41. The van der Waals surface area contributed by atoms with Crippen LogP contribution in [0.3, 0.4) is 0 Å². The Morgan fingerprint density at radius 1 is 1.71 bits per heavy atom. The van der Waals surface area contributed by atoms with Gasteiger partial charge in [-0.3, -0.25) is 9.69 Å². The minimum absolute atomic E-state index is 0.0715. The molecule has 0 aromatic carbocycles. The zero-order valence-electron chi connectivity index (χ0n) is 10.2. The molecule has 17 heavy (non-hydrogen) atoms. The van der Waals surface area contributed by atoms with Crippen molar-refractivity contribution in [2.24, 2.45) is 0 Å². The Bertz CT molecular complexity index is 400. The average Bonchev–Trinajstić information content (AvgIpc) is 2.82. The van der Waals surface area contributed by atoms with Crippen LogP contribution in [0.25, 0.3) is 0 Å². The van der Waals surface area contributed by atoms with Gasteiger partial charge >= 0.3 is 5.97 Å². The summed E-state index contributed by atoms with van der Waals surface area (Å²) in [5.74, 6) is -0.218. The maximum atomic E-state index is 10.6. The molecular weight excluding hydrogens is 220 g/mol. The maximum absolute atomic E-state index is 10.6. The molecule has 1 aromatic rings. The first-order chi connectivity index (χ1) is 8.08. The molecule has 1 aliphatic heterocycles. The highest BCUT2D eigenvalue weighted by Gasteiger charge is 2.31. The summed E-state index contributed by atoms with van der Waals surface area (Å²) in [7, 11) is 0. The molecule has 0 saturated carbocycles. The number of carboxylic acid groups (broad SMARTS) is 1. The number of aromatic nitrogens is 1. The first-order valence-electron chi connectivity index (χ1n) is 5.99. The Morgan fingerprint density at radius 2 is 2.47 bits per heavy atom. The molecule has 1 unspecified atom stereocenters. The van der Waals surface area contributed by atoms with Crippen LogP contribution < -0.4 is 0 Å². The third-order valence-corrected chi connectivity index (χ3v) is 3.14. The fraction of sp³-hybridized carbons (Fsp3) is 0.667. The smallest absolute Gasteiger partial charge is 0.309 e. The zero-order chi connectivity index (χ0) is 12.4. The van der Waals surface area contributed by atoms with Gasteiger partial charge in [-0.1, -0.05) is 0 Å². The highest BCUT2D eigenvalue weighted by molar-refractivity contribution is 5.69. The molecule has 1 aromatic heterocycles. The van der Waals surface area contributed by atoms with Crippen molar-refractivity contribution in [2.75, 3.05) is 6.54 Å². The van der Waals surface area contributed by atoms with Gasteiger partial charge in [0, 0.05) is 6.04 Å². The standard InChI is InChI=1S/C12H18N2O3/c1-8(2)14-5-3-4-10(14)12-13-9(7-17-12)6-11(15)16/h7-8,10H,3-6H2,1-2H3,(H,15,16). The lowest BCUT2D eigenvalue weighted by Gasteiger charge is -2.25. The van der Waals surface area contributed by atoms with Gasteiger partial charge in [-0.05, 0) is 33.2 Å². The number of hydrogen-bond donors (Lipinski definition) is 1. The molecule has 94 valence electrons. The van der Waals surface area contributed by atoms with Crippen LogP contribution in [0.1, 0.15) is 44.3 Å². The summed E-state index contributed by atoms with van der Waals surface area (Å²) in [6.45, 7) is 5.36. The Balaban J connectivity index is 2.11. The summed E-state index contributed by atoms with van der Waals surface area (Å²) in [5, 5.41) is 8.69. The van der Waals surface area contributed by atoms with Gasteiger partial charge in [-0.25, -0.2) is 4.98 Å².